The summed E-state index contributed by atoms with van der Waals surface area (Å²) in [4.78, 5) is 14.4. The van der Waals surface area contributed by atoms with Gasteiger partial charge >= 0.3 is 12.1 Å². The summed E-state index contributed by atoms with van der Waals surface area (Å²) in [6, 6.07) is 4.18. The Balaban J connectivity index is 2.71. The summed E-state index contributed by atoms with van der Waals surface area (Å²) in [6.07, 6.45) is -4.76. The van der Waals surface area contributed by atoms with Gasteiger partial charge in [-0.1, -0.05) is 34.8 Å². The molecule has 0 aliphatic carbocycles. The van der Waals surface area contributed by atoms with E-state index in [0.717, 1.165) is 6.07 Å². The Morgan fingerprint density at radius 1 is 1.00 bits per heavy atom. The molecule has 0 unspecified atom stereocenters. The van der Waals surface area contributed by atoms with E-state index in [0.29, 0.717) is 6.07 Å². The van der Waals surface area contributed by atoms with E-state index < -0.39 is 23.5 Å². The minimum atomic E-state index is -4.76. The number of rotatable bonds is 2. The van der Waals surface area contributed by atoms with Crippen molar-refractivity contribution in [2.24, 2.45) is 0 Å². The zero-order chi connectivity index (χ0) is 16.7. The van der Waals surface area contributed by atoms with Gasteiger partial charge in [-0.3, -0.25) is 0 Å². The van der Waals surface area contributed by atoms with Crippen molar-refractivity contribution in [2.45, 2.75) is 6.18 Å². The Kier molecular flexibility index (Phi) is 4.56. The van der Waals surface area contributed by atoms with Crippen molar-refractivity contribution < 1.29 is 23.1 Å². The largest absolute Gasteiger partial charge is 0.476 e. The lowest BCUT2D eigenvalue weighted by Gasteiger charge is -2.12. The second-order valence-corrected chi connectivity index (χ2v) is 5.36. The average molecular weight is 371 g/mol. The molecule has 0 aliphatic heterocycles. The van der Waals surface area contributed by atoms with Gasteiger partial charge in [0.05, 0.1) is 15.1 Å². The van der Waals surface area contributed by atoms with Crippen LogP contribution in [0.2, 0.25) is 15.1 Å². The Morgan fingerprint density at radius 3 is 2.14 bits per heavy atom. The van der Waals surface area contributed by atoms with Crippen LogP contribution in [-0.4, -0.2) is 16.1 Å². The predicted molar refractivity (Wildman–Crippen MR) is 76.7 cm³/mol. The first-order valence-corrected chi connectivity index (χ1v) is 6.71. The summed E-state index contributed by atoms with van der Waals surface area (Å²) < 4.78 is 37.9. The molecule has 0 saturated heterocycles. The Hall–Kier alpha value is -1.50. The van der Waals surface area contributed by atoms with Gasteiger partial charge in [-0.05, 0) is 24.3 Å². The molecular weight excluding hydrogens is 366 g/mol. The van der Waals surface area contributed by atoms with Gasteiger partial charge in [-0.25, -0.2) is 9.78 Å². The third-order valence-corrected chi connectivity index (χ3v) is 3.72. The normalized spacial score (nSPS) is 11.5. The summed E-state index contributed by atoms with van der Waals surface area (Å²) in [5, 5.41) is 9.35. The number of hydrogen-bond acceptors (Lipinski definition) is 2. The molecule has 0 spiro atoms. The summed E-state index contributed by atoms with van der Waals surface area (Å²) in [5.41, 5.74) is -2.07. The van der Waals surface area contributed by atoms with Crippen LogP contribution in [0.25, 0.3) is 11.1 Å². The molecule has 2 aromatic rings. The second-order valence-electron chi connectivity index (χ2n) is 4.14. The highest BCUT2D eigenvalue weighted by atomic mass is 35.5. The van der Waals surface area contributed by atoms with Crippen LogP contribution in [0, 0.1) is 0 Å². The van der Waals surface area contributed by atoms with Crippen LogP contribution in [0.1, 0.15) is 16.2 Å². The lowest BCUT2D eigenvalue weighted by molar-refractivity contribution is -0.141. The monoisotopic (exact) mass is 369 g/mol. The number of alkyl halides is 3. The zero-order valence-electron chi connectivity index (χ0n) is 10.4. The zero-order valence-corrected chi connectivity index (χ0v) is 12.6. The van der Waals surface area contributed by atoms with Gasteiger partial charge in [0, 0.05) is 11.1 Å². The maximum absolute atomic E-state index is 12.6. The Labute approximate surface area is 137 Å². The fraction of sp³-hybridized carbons (Fsp3) is 0.0769. The van der Waals surface area contributed by atoms with Crippen molar-refractivity contribution in [1.29, 1.82) is 0 Å². The molecule has 3 nitrogen and oxygen atoms in total. The van der Waals surface area contributed by atoms with Crippen molar-refractivity contribution in [3.05, 3.63) is 50.7 Å². The molecule has 0 fully saturated rings. The first-order valence-electron chi connectivity index (χ1n) is 5.57. The third-order valence-electron chi connectivity index (χ3n) is 2.69. The molecule has 1 aromatic carbocycles. The summed E-state index contributed by atoms with van der Waals surface area (Å²) in [7, 11) is 0. The van der Waals surface area contributed by atoms with Crippen LogP contribution in [0.3, 0.4) is 0 Å². The van der Waals surface area contributed by atoms with E-state index in [1.165, 1.54) is 12.1 Å². The quantitative estimate of drug-likeness (QED) is 0.718. The van der Waals surface area contributed by atoms with E-state index in [9.17, 15) is 18.0 Å². The van der Waals surface area contributed by atoms with Crippen LogP contribution in [0.5, 0.6) is 0 Å². The fourth-order valence-corrected chi connectivity index (χ4v) is 2.37. The SMILES string of the molecule is O=C(O)c1nc(C(F)(F)F)ccc1-c1cc(Cl)c(Cl)cc1Cl. The highest BCUT2D eigenvalue weighted by Crippen LogP contribution is 2.37. The van der Waals surface area contributed by atoms with Gasteiger partial charge in [-0.15, -0.1) is 0 Å². The fourth-order valence-electron chi connectivity index (χ4n) is 1.73. The molecule has 0 radical (unpaired) electrons. The molecule has 0 aliphatic rings. The molecule has 22 heavy (non-hydrogen) atoms. The number of halogens is 6. The maximum atomic E-state index is 12.6. The van der Waals surface area contributed by atoms with Gasteiger partial charge in [0.25, 0.3) is 0 Å². The molecule has 1 N–H and O–H groups in total. The van der Waals surface area contributed by atoms with E-state index in [1.807, 2.05) is 0 Å². The van der Waals surface area contributed by atoms with Crippen LogP contribution in [0.15, 0.2) is 24.3 Å². The van der Waals surface area contributed by atoms with Crippen molar-refractivity contribution in [1.82, 2.24) is 4.98 Å². The third kappa shape index (κ3) is 3.29. The van der Waals surface area contributed by atoms with Crippen LogP contribution in [0.4, 0.5) is 13.2 Å². The van der Waals surface area contributed by atoms with Gasteiger partial charge in [0.1, 0.15) is 5.69 Å². The molecule has 0 saturated carbocycles. The summed E-state index contributed by atoms with van der Waals surface area (Å²) in [6.45, 7) is 0. The molecule has 0 bridgehead atoms. The number of carbonyl (C=O) groups is 1. The topological polar surface area (TPSA) is 50.2 Å². The van der Waals surface area contributed by atoms with E-state index in [4.69, 9.17) is 39.9 Å². The first-order chi connectivity index (χ1) is 10.1. The number of benzene rings is 1. The van der Waals surface area contributed by atoms with Crippen LogP contribution >= 0.6 is 34.8 Å². The highest BCUT2D eigenvalue weighted by Gasteiger charge is 2.34. The molecule has 9 heteroatoms. The average Bonchev–Trinajstić information content (AvgIpc) is 2.41. The number of pyridine rings is 1. The maximum Gasteiger partial charge on any atom is 0.433 e. The Morgan fingerprint density at radius 2 is 1.59 bits per heavy atom. The van der Waals surface area contributed by atoms with Gasteiger partial charge < -0.3 is 5.11 Å². The summed E-state index contributed by atoms with van der Waals surface area (Å²) in [5.74, 6) is -1.62. The molecule has 1 heterocycles. The smallest absolute Gasteiger partial charge is 0.433 e. The molecular formula is C13H5Cl3F3NO2. The number of aromatic nitrogens is 1. The van der Waals surface area contributed by atoms with Crippen LogP contribution in [-0.2, 0) is 6.18 Å². The van der Waals surface area contributed by atoms with Crippen molar-refractivity contribution in [2.75, 3.05) is 0 Å². The summed E-state index contributed by atoms with van der Waals surface area (Å²) >= 11 is 17.6. The van der Waals surface area contributed by atoms with E-state index in [-0.39, 0.29) is 26.2 Å². The van der Waals surface area contributed by atoms with Gasteiger partial charge in [0.15, 0.2) is 5.69 Å². The standard InChI is InChI=1S/C13H5Cl3F3NO2/c14-7-4-9(16)8(15)3-6(7)5-1-2-10(13(17,18)19)20-11(5)12(21)22/h1-4H,(H,21,22). The van der Waals surface area contributed by atoms with E-state index in [2.05, 4.69) is 4.98 Å². The second kappa shape index (κ2) is 5.95. The molecule has 0 amide bonds. The number of nitrogens with zero attached hydrogens (tertiary/aromatic N) is 1. The number of aromatic carboxylic acids is 1. The molecule has 0 atom stereocenters. The lowest BCUT2D eigenvalue weighted by Crippen LogP contribution is -2.13. The number of carboxylic acids is 1. The van der Waals surface area contributed by atoms with E-state index in [1.54, 1.807) is 0 Å². The minimum absolute atomic E-state index is 0.0402. The van der Waals surface area contributed by atoms with Crippen molar-refractivity contribution in [3.63, 3.8) is 0 Å². The van der Waals surface area contributed by atoms with Crippen LogP contribution < -0.4 is 0 Å². The molecule has 1 aromatic heterocycles. The lowest BCUT2D eigenvalue weighted by atomic mass is 10.0. The first kappa shape index (κ1) is 16.9. The van der Waals surface area contributed by atoms with Crippen molar-refractivity contribution >= 4 is 40.8 Å². The van der Waals surface area contributed by atoms with E-state index >= 15 is 0 Å². The molecule has 2 rings (SSSR count). The number of carboxylic acid groups (broad SMARTS) is 1. The molecule has 116 valence electrons. The number of hydrogen-bond donors (Lipinski definition) is 1. The van der Waals surface area contributed by atoms with Crippen molar-refractivity contribution in [3.8, 4) is 11.1 Å². The van der Waals surface area contributed by atoms with Gasteiger partial charge in [-0.2, -0.15) is 13.2 Å². The predicted octanol–water partition coefficient (Wildman–Crippen LogP) is 5.43. The van der Waals surface area contributed by atoms with Gasteiger partial charge in [0.2, 0.25) is 0 Å². The minimum Gasteiger partial charge on any atom is -0.476 e. The highest BCUT2D eigenvalue weighted by molar-refractivity contribution is 6.44. The Bertz CT molecular complexity index is 763.